The number of carbonyl (C=O) groups is 2. The van der Waals surface area contributed by atoms with Crippen molar-refractivity contribution in [3.05, 3.63) is 46.5 Å². The van der Waals surface area contributed by atoms with Crippen LogP contribution in [-0.2, 0) is 15.5 Å². The van der Waals surface area contributed by atoms with Crippen LogP contribution < -0.4 is 15.8 Å². The number of amides is 2. The van der Waals surface area contributed by atoms with Gasteiger partial charge in [0.25, 0.3) is 5.91 Å². The minimum absolute atomic E-state index is 0.250. The average Bonchev–Trinajstić information content (AvgIpc) is 3.09. The van der Waals surface area contributed by atoms with Crippen LogP contribution in [0.3, 0.4) is 0 Å². The lowest BCUT2D eigenvalue weighted by Gasteiger charge is -2.25. The first-order valence-corrected chi connectivity index (χ1v) is 9.05. The van der Waals surface area contributed by atoms with E-state index in [-0.39, 0.29) is 4.88 Å². The maximum Gasteiger partial charge on any atom is 0.351 e. The highest BCUT2D eigenvalue weighted by Crippen LogP contribution is 2.28. The Kier molecular flexibility index (Phi) is 5.66. The van der Waals surface area contributed by atoms with Crippen LogP contribution in [0.15, 0.2) is 30.3 Å². The van der Waals surface area contributed by atoms with Gasteiger partial charge in [0.15, 0.2) is 5.13 Å². The zero-order chi connectivity index (χ0) is 19.4. The van der Waals surface area contributed by atoms with Gasteiger partial charge in [-0.2, -0.15) is 8.78 Å². The Morgan fingerprint density at radius 3 is 2.52 bits per heavy atom. The third-order valence-corrected chi connectivity index (χ3v) is 5.20. The molecule has 3 rings (SSSR count). The largest absolute Gasteiger partial charge is 0.378 e. The van der Waals surface area contributed by atoms with E-state index in [9.17, 15) is 18.4 Å². The number of thiazole rings is 1. The first-order valence-electron chi connectivity index (χ1n) is 8.24. The van der Waals surface area contributed by atoms with Crippen molar-refractivity contribution >= 4 is 28.3 Å². The highest BCUT2D eigenvalue weighted by Gasteiger charge is 2.41. The lowest BCUT2D eigenvalue weighted by Crippen LogP contribution is -2.48. The number of morpholine rings is 1. The van der Waals surface area contributed by atoms with Gasteiger partial charge in [-0.05, 0) is 6.92 Å². The molecule has 1 aromatic heterocycles. The molecule has 0 atom stereocenters. The molecule has 2 aromatic rings. The first-order chi connectivity index (χ1) is 12.9. The number of rotatable bonds is 4. The number of nitrogens with zero attached hydrogens (tertiary/aromatic N) is 2. The Labute approximate surface area is 158 Å². The summed E-state index contributed by atoms with van der Waals surface area (Å²) in [6, 6.07) is 6.66. The van der Waals surface area contributed by atoms with Gasteiger partial charge in [0, 0.05) is 18.7 Å². The monoisotopic (exact) mass is 396 g/mol. The maximum atomic E-state index is 14.1. The van der Waals surface area contributed by atoms with E-state index >= 15 is 0 Å². The number of hydrazine groups is 1. The van der Waals surface area contributed by atoms with Crippen molar-refractivity contribution in [2.75, 3.05) is 31.2 Å². The summed E-state index contributed by atoms with van der Waals surface area (Å²) in [7, 11) is 0. The molecule has 144 valence electrons. The van der Waals surface area contributed by atoms with E-state index in [1.807, 2.05) is 10.3 Å². The molecule has 2 amide bonds. The first kappa shape index (κ1) is 19.2. The molecule has 0 unspecified atom stereocenters. The molecular formula is C17H18F2N4O3S. The third kappa shape index (κ3) is 4.22. The summed E-state index contributed by atoms with van der Waals surface area (Å²) in [6.45, 7) is 4.12. The van der Waals surface area contributed by atoms with E-state index in [2.05, 4.69) is 4.98 Å². The Bertz CT molecular complexity index is 823. The van der Waals surface area contributed by atoms with Crippen molar-refractivity contribution in [1.82, 2.24) is 15.8 Å². The van der Waals surface area contributed by atoms with Crippen LogP contribution >= 0.6 is 11.3 Å². The molecule has 0 saturated carbocycles. The fourth-order valence-corrected chi connectivity index (χ4v) is 3.52. The topological polar surface area (TPSA) is 83.6 Å². The minimum atomic E-state index is -3.77. The van der Waals surface area contributed by atoms with Gasteiger partial charge in [-0.25, -0.2) is 4.98 Å². The molecule has 1 aromatic carbocycles. The number of hydrogen-bond donors (Lipinski definition) is 2. The molecular weight excluding hydrogens is 378 g/mol. The minimum Gasteiger partial charge on any atom is -0.378 e. The van der Waals surface area contributed by atoms with Crippen molar-refractivity contribution in [3.8, 4) is 0 Å². The zero-order valence-corrected chi connectivity index (χ0v) is 15.3. The molecule has 1 fully saturated rings. The molecule has 0 spiro atoms. The van der Waals surface area contributed by atoms with Crippen LogP contribution in [0.25, 0.3) is 0 Å². The Morgan fingerprint density at radius 1 is 1.19 bits per heavy atom. The highest BCUT2D eigenvalue weighted by molar-refractivity contribution is 7.17. The molecule has 10 heteroatoms. The lowest BCUT2D eigenvalue weighted by molar-refractivity contribution is -0.147. The SMILES string of the molecule is Cc1nc(N2CCOCC2)sc1C(=O)NNC(=O)C(F)(F)c1ccccc1. The second-order valence-corrected chi connectivity index (χ2v) is 6.84. The molecule has 7 nitrogen and oxygen atoms in total. The number of nitrogens with one attached hydrogen (secondary N) is 2. The van der Waals surface area contributed by atoms with Gasteiger partial charge in [0.05, 0.1) is 18.9 Å². The average molecular weight is 396 g/mol. The molecule has 0 radical (unpaired) electrons. The number of hydrogen-bond acceptors (Lipinski definition) is 6. The van der Waals surface area contributed by atoms with Crippen molar-refractivity contribution in [1.29, 1.82) is 0 Å². The second kappa shape index (κ2) is 7.97. The number of halogens is 2. The van der Waals surface area contributed by atoms with Gasteiger partial charge < -0.3 is 9.64 Å². The van der Waals surface area contributed by atoms with Crippen LogP contribution in [0.2, 0.25) is 0 Å². The van der Waals surface area contributed by atoms with Crippen LogP contribution in [0.5, 0.6) is 0 Å². The number of benzene rings is 1. The number of ether oxygens (including phenoxy) is 1. The van der Waals surface area contributed by atoms with E-state index in [0.717, 1.165) is 23.5 Å². The second-order valence-electron chi connectivity index (χ2n) is 5.86. The van der Waals surface area contributed by atoms with Crippen LogP contribution in [0.4, 0.5) is 13.9 Å². The van der Waals surface area contributed by atoms with E-state index in [1.165, 1.54) is 12.1 Å². The summed E-state index contributed by atoms with van der Waals surface area (Å²) >= 11 is 1.14. The summed E-state index contributed by atoms with van der Waals surface area (Å²) < 4.78 is 33.6. The molecule has 1 saturated heterocycles. The Morgan fingerprint density at radius 2 is 1.85 bits per heavy atom. The standard InChI is InChI=1S/C17H18F2N4O3S/c1-11-13(27-16(20-11)23-7-9-26-10-8-23)14(24)21-22-15(25)17(18,19)12-5-3-2-4-6-12/h2-6H,7-10H2,1H3,(H,21,24)(H,22,25). The third-order valence-electron chi connectivity index (χ3n) is 3.98. The molecule has 1 aliphatic heterocycles. The van der Waals surface area contributed by atoms with Crippen LogP contribution in [-0.4, -0.2) is 43.1 Å². The number of aromatic nitrogens is 1. The number of anilines is 1. The van der Waals surface area contributed by atoms with Crippen molar-refractivity contribution in [2.45, 2.75) is 12.8 Å². The van der Waals surface area contributed by atoms with E-state index in [4.69, 9.17) is 4.74 Å². The fourth-order valence-electron chi connectivity index (χ4n) is 2.51. The van der Waals surface area contributed by atoms with Gasteiger partial charge in [-0.15, -0.1) is 0 Å². The molecule has 0 aliphatic carbocycles. The fraction of sp³-hybridized carbons (Fsp3) is 0.353. The smallest absolute Gasteiger partial charge is 0.351 e. The quantitative estimate of drug-likeness (QED) is 0.771. The molecule has 2 heterocycles. The summed E-state index contributed by atoms with van der Waals surface area (Å²) in [6.07, 6.45) is 0. The van der Waals surface area contributed by atoms with E-state index in [1.54, 1.807) is 18.4 Å². The van der Waals surface area contributed by atoms with Crippen molar-refractivity contribution in [2.24, 2.45) is 0 Å². The highest BCUT2D eigenvalue weighted by atomic mass is 32.1. The number of alkyl halides is 2. The summed E-state index contributed by atoms with van der Waals surface area (Å²) in [5.74, 6) is -6.07. The normalized spacial score (nSPS) is 14.7. The number of carbonyl (C=O) groups excluding carboxylic acids is 2. The number of aryl methyl sites for hydroxylation is 1. The molecule has 1 aliphatic rings. The maximum absolute atomic E-state index is 14.1. The van der Waals surface area contributed by atoms with Gasteiger partial charge in [-0.3, -0.25) is 20.4 Å². The summed E-state index contributed by atoms with van der Waals surface area (Å²) in [5.41, 5.74) is 3.84. The van der Waals surface area contributed by atoms with E-state index < -0.39 is 23.3 Å². The summed E-state index contributed by atoms with van der Waals surface area (Å²) in [5, 5.41) is 0.655. The predicted molar refractivity (Wildman–Crippen MR) is 95.8 cm³/mol. The van der Waals surface area contributed by atoms with E-state index in [0.29, 0.717) is 37.1 Å². The van der Waals surface area contributed by atoms with Gasteiger partial charge in [0.2, 0.25) is 0 Å². The van der Waals surface area contributed by atoms with Gasteiger partial charge in [0.1, 0.15) is 4.88 Å². The molecule has 27 heavy (non-hydrogen) atoms. The molecule has 2 N–H and O–H groups in total. The van der Waals surface area contributed by atoms with Crippen molar-refractivity contribution in [3.63, 3.8) is 0 Å². The molecule has 0 bridgehead atoms. The Hall–Kier alpha value is -2.59. The van der Waals surface area contributed by atoms with Gasteiger partial charge in [-0.1, -0.05) is 41.7 Å². The van der Waals surface area contributed by atoms with Crippen LogP contribution in [0.1, 0.15) is 20.9 Å². The van der Waals surface area contributed by atoms with Crippen LogP contribution in [0, 0.1) is 6.92 Å². The summed E-state index contributed by atoms with van der Waals surface area (Å²) in [4.78, 5) is 30.7. The lowest BCUT2D eigenvalue weighted by atomic mass is 10.1. The van der Waals surface area contributed by atoms with Crippen molar-refractivity contribution < 1.29 is 23.1 Å². The Balaban J connectivity index is 1.64. The van der Waals surface area contributed by atoms with Gasteiger partial charge >= 0.3 is 11.8 Å². The zero-order valence-electron chi connectivity index (χ0n) is 14.5. The predicted octanol–water partition coefficient (Wildman–Crippen LogP) is 1.84.